The number of nitriles is 1. The van der Waals surface area contributed by atoms with Gasteiger partial charge < -0.3 is 24.4 Å². The maximum atomic E-state index is 16.7. The first-order valence-corrected chi connectivity index (χ1v) is 17.7. The Balaban J connectivity index is 1.09. The van der Waals surface area contributed by atoms with Crippen molar-refractivity contribution >= 4 is 34.1 Å². The molecule has 2 fully saturated rings. The Hall–Kier alpha value is -6.10. The van der Waals surface area contributed by atoms with Crippen molar-refractivity contribution in [3.8, 4) is 22.9 Å². The Morgan fingerprint density at radius 1 is 1.02 bits per heavy atom. The van der Waals surface area contributed by atoms with Crippen LogP contribution in [0.4, 0.5) is 14.6 Å². The summed E-state index contributed by atoms with van der Waals surface area (Å²) in [6.07, 6.45) is 8.84. The molecule has 3 aliphatic rings. The van der Waals surface area contributed by atoms with Crippen LogP contribution in [0.1, 0.15) is 47.3 Å². The molecule has 3 aromatic heterocycles. The Morgan fingerprint density at radius 3 is 2.51 bits per heavy atom. The van der Waals surface area contributed by atoms with Crippen LogP contribution in [0.5, 0.6) is 5.75 Å². The lowest BCUT2D eigenvalue weighted by Crippen LogP contribution is -2.49. The summed E-state index contributed by atoms with van der Waals surface area (Å²) >= 11 is 0. The van der Waals surface area contributed by atoms with Gasteiger partial charge in [-0.05, 0) is 53.7 Å². The summed E-state index contributed by atoms with van der Waals surface area (Å²) in [6, 6.07) is 15.1. The Bertz CT molecular complexity index is 2270. The molecule has 2 aliphatic heterocycles. The molecule has 12 nitrogen and oxygen atoms in total. The molecule has 53 heavy (non-hydrogen) atoms. The predicted octanol–water partition coefficient (Wildman–Crippen LogP) is 5.33. The van der Waals surface area contributed by atoms with E-state index in [0.717, 1.165) is 35.7 Å². The molecular weight excluding hydrogens is 680 g/mol. The Kier molecular flexibility index (Phi) is 8.85. The quantitative estimate of drug-likeness (QED) is 0.216. The Morgan fingerprint density at radius 2 is 1.81 bits per heavy atom. The summed E-state index contributed by atoms with van der Waals surface area (Å²) in [4.78, 5) is 39.9. The number of nitrogens with zero attached hydrogens (tertiary/aromatic N) is 8. The molecule has 1 saturated carbocycles. The SMILES string of the molecule is COc1cc(F)cnc1N1CCN(C(=O)c2cc3c(-c4ccc(C5(C#N)CC5)cc4)cc(C4=CCCN(C(=O)CCn5ccnn5)C4)c(F)c3[nH]2)CC1. The van der Waals surface area contributed by atoms with Crippen molar-refractivity contribution in [2.75, 3.05) is 51.3 Å². The van der Waals surface area contributed by atoms with Crippen molar-refractivity contribution in [3.63, 3.8) is 0 Å². The fourth-order valence-electron chi connectivity index (χ4n) is 7.37. The first-order valence-electron chi connectivity index (χ1n) is 17.7. The number of amides is 2. The number of hydrogen-bond donors (Lipinski definition) is 1. The molecule has 1 saturated heterocycles. The van der Waals surface area contributed by atoms with E-state index in [1.807, 2.05) is 41.3 Å². The number of benzene rings is 2. The molecule has 2 aromatic carbocycles. The minimum Gasteiger partial charge on any atom is -0.493 e. The van der Waals surface area contributed by atoms with Crippen molar-refractivity contribution < 1.29 is 23.1 Å². The molecule has 5 aromatic rings. The maximum Gasteiger partial charge on any atom is 0.270 e. The van der Waals surface area contributed by atoms with Gasteiger partial charge >= 0.3 is 0 Å². The van der Waals surface area contributed by atoms with E-state index in [1.54, 1.807) is 32.9 Å². The summed E-state index contributed by atoms with van der Waals surface area (Å²) in [7, 11) is 1.46. The fourth-order valence-corrected chi connectivity index (χ4v) is 7.37. The van der Waals surface area contributed by atoms with Crippen molar-refractivity contribution in [2.45, 2.75) is 37.6 Å². The number of pyridine rings is 1. The number of methoxy groups -OCH3 is 1. The van der Waals surface area contributed by atoms with Gasteiger partial charge in [0.15, 0.2) is 17.4 Å². The number of carbonyl (C=O) groups excluding carboxylic acids is 2. The second-order valence-electron chi connectivity index (χ2n) is 13.7. The zero-order chi connectivity index (χ0) is 36.7. The molecule has 0 spiro atoms. The number of hydrogen-bond acceptors (Lipinski definition) is 8. The summed E-state index contributed by atoms with van der Waals surface area (Å²) in [5.41, 5.74) is 3.56. The second kappa shape index (κ2) is 13.8. The van der Waals surface area contributed by atoms with E-state index in [1.165, 1.54) is 13.2 Å². The van der Waals surface area contributed by atoms with Crippen molar-refractivity contribution in [1.82, 2.24) is 34.8 Å². The molecule has 14 heteroatoms. The zero-order valence-corrected chi connectivity index (χ0v) is 29.2. The standard InChI is InChI=1S/C39H37F2N9O3/c1-53-33-19-28(40)22-43-37(33)47-15-17-48(18-16-47)38(52)32-21-31-29(25-4-6-27(7-5-25)39(24-42)9-10-39)20-30(35(41)36(31)45-32)26-3-2-12-49(23-26)34(51)8-13-50-14-11-44-46-50/h3-7,11,14,19-22,45H,2,8-10,12-13,15-18,23H2,1H3. The van der Waals surface area contributed by atoms with E-state index in [-0.39, 0.29) is 36.0 Å². The minimum atomic E-state index is -0.497. The van der Waals surface area contributed by atoms with Gasteiger partial charge in [-0.1, -0.05) is 35.6 Å². The van der Waals surface area contributed by atoms with Crippen LogP contribution in [0, 0.1) is 23.0 Å². The zero-order valence-electron chi connectivity index (χ0n) is 29.2. The summed E-state index contributed by atoms with van der Waals surface area (Å²) < 4.78 is 37.4. The molecule has 5 heterocycles. The number of halogens is 2. The van der Waals surface area contributed by atoms with Gasteiger partial charge in [0.1, 0.15) is 11.5 Å². The number of anilines is 1. The van der Waals surface area contributed by atoms with Gasteiger partial charge in [0.05, 0.1) is 43.0 Å². The number of carbonyl (C=O) groups is 2. The number of aromatic amines is 1. The van der Waals surface area contributed by atoms with Crippen LogP contribution in [-0.4, -0.2) is 93.0 Å². The van der Waals surface area contributed by atoms with Gasteiger partial charge in [0, 0.05) is 68.9 Å². The van der Waals surface area contributed by atoms with E-state index in [4.69, 9.17) is 4.74 Å². The second-order valence-corrected chi connectivity index (χ2v) is 13.7. The first-order chi connectivity index (χ1) is 25.8. The number of aromatic nitrogens is 5. The van der Waals surface area contributed by atoms with Crippen molar-refractivity contribution in [1.29, 1.82) is 5.26 Å². The highest BCUT2D eigenvalue weighted by Gasteiger charge is 2.44. The van der Waals surface area contributed by atoms with Crippen LogP contribution in [0.25, 0.3) is 27.6 Å². The van der Waals surface area contributed by atoms with E-state index in [9.17, 15) is 19.2 Å². The molecule has 270 valence electrons. The van der Waals surface area contributed by atoms with Crippen LogP contribution >= 0.6 is 0 Å². The number of ether oxygens (including phenoxy) is 1. The lowest BCUT2D eigenvalue weighted by Gasteiger charge is -2.35. The third-order valence-corrected chi connectivity index (χ3v) is 10.6. The van der Waals surface area contributed by atoms with Gasteiger partial charge in [0.2, 0.25) is 5.91 Å². The molecule has 0 radical (unpaired) electrons. The number of nitrogens with one attached hydrogen (secondary N) is 1. The minimum absolute atomic E-state index is 0.0589. The van der Waals surface area contributed by atoms with Crippen LogP contribution in [0.3, 0.4) is 0 Å². The number of piperazine rings is 1. The number of H-pyrrole nitrogens is 1. The number of aryl methyl sites for hydroxylation is 1. The molecule has 1 aliphatic carbocycles. The molecule has 0 atom stereocenters. The smallest absolute Gasteiger partial charge is 0.270 e. The first kappa shape index (κ1) is 34.0. The highest BCUT2D eigenvalue weighted by atomic mass is 19.1. The topological polar surface area (TPSA) is 136 Å². The highest BCUT2D eigenvalue weighted by molar-refractivity contribution is 6.04. The fraction of sp³-hybridized carbons (Fsp3) is 0.333. The van der Waals surface area contributed by atoms with Gasteiger partial charge in [-0.2, -0.15) is 5.26 Å². The molecule has 0 unspecified atom stereocenters. The van der Waals surface area contributed by atoms with Crippen LogP contribution in [-0.2, 0) is 16.8 Å². The highest BCUT2D eigenvalue weighted by Crippen LogP contribution is 2.48. The third kappa shape index (κ3) is 6.47. The van der Waals surface area contributed by atoms with E-state index in [2.05, 4.69) is 26.3 Å². The average molecular weight is 718 g/mol. The maximum absolute atomic E-state index is 16.7. The average Bonchev–Trinajstić information content (AvgIpc) is 3.57. The van der Waals surface area contributed by atoms with E-state index in [0.29, 0.717) is 73.8 Å². The van der Waals surface area contributed by atoms with Crippen molar-refractivity contribution in [2.24, 2.45) is 0 Å². The van der Waals surface area contributed by atoms with E-state index >= 15 is 4.39 Å². The Labute approximate surface area is 304 Å². The summed E-state index contributed by atoms with van der Waals surface area (Å²) in [6.45, 7) is 2.79. The van der Waals surface area contributed by atoms with E-state index < -0.39 is 17.0 Å². The molecule has 0 bridgehead atoms. The largest absolute Gasteiger partial charge is 0.493 e. The lowest BCUT2D eigenvalue weighted by molar-refractivity contribution is -0.131. The molecular formula is C39H37F2N9O3. The van der Waals surface area contributed by atoms with Crippen LogP contribution in [0.15, 0.2) is 67.1 Å². The normalized spacial score (nSPS) is 16.7. The van der Waals surface area contributed by atoms with Crippen molar-refractivity contribution in [3.05, 3.63) is 95.6 Å². The molecule has 1 N–H and O–H groups in total. The monoisotopic (exact) mass is 717 g/mol. The van der Waals surface area contributed by atoms with Gasteiger partial charge in [0.25, 0.3) is 5.91 Å². The van der Waals surface area contributed by atoms with Gasteiger partial charge in [-0.3, -0.25) is 14.3 Å². The van der Waals surface area contributed by atoms with Gasteiger partial charge in [-0.25, -0.2) is 13.8 Å². The molecule has 2 amide bonds. The number of rotatable bonds is 9. The third-order valence-electron chi connectivity index (χ3n) is 10.6. The lowest BCUT2D eigenvalue weighted by atomic mass is 9.91. The van der Waals surface area contributed by atoms with Crippen LogP contribution in [0.2, 0.25) is 0 Å². The predicted molar refractivity (Wildman–Crippen MR) is 193 cm³/mol. The molecule has 8 rings (SSSR count). The summed E-state index contributed by atoms with van der Waals surface area (Å²) in [5.74, 6) is -0.498. The summed E-state index contributed by atoms with van der Waals surface area (Å²) in [5, 5.41) is 18.1. The van der Waals surface area contributed by atoms with Gasteiger partial charge in [-0.15, -0.1) is 5.10 Å². The number of fused-ring (bicyclic) bond motifs is 1. The van der Waals surface area contributed by atoms with Crippen LogP contribution < -0.4 is 9.64 Å².